The first kappa shape index (κ1) is 51.0. The van der Waals surface area contributed by atoms with Gasteiger partial charge in [0, 0.05) is 0 Å². The first-order valence-electron chi connectivity index (χ1n) is 26.7. The minimum Gasteiger partial charge on any atom is -0.0779 e. The molecule has 0 amide bonds. The highest BCUT2D eigenvalue weighted by Gasteiger charge is 2.44. The number of allylic oxidation sites excluding steroid dienone is 4. The number of benzene rings is 3. The van der Waals surface area contributed by atoms with Gasteiger partial charge in [-0.1, -0.05) is 235 Å². The molecule has 1 aliphatic rings. The van der Waals surface area contributed by atoms with Gasteiger partial charge in [0.15, 0.2) is 8.07 Å². The second kappa shape index (κ2) is 29.7. The molecule has 1 heteroatoms. The van der Waals surface area contributed by atoms with Gasteiger partial charge in [-0.15, -0.1) is 0 Å². The molecule has 0 heterocycles. The first-order valence-corrected chi connectivity index (χ1v) is 28.7. The molecule has 0 radical (unpaired) electrons. The molecule has 0 atom stereocenters. The van der Waals surface area contributed by atoms with Crippen LogP contribution in [0.3, 0.4) is 0 Å². The lowest BCUT2D eigenvalue weighted by Crippen LogP contribution is -2.69. The third-order valence-electron chi connectivity index (χ3n) is 13.9. The van der Waals surface area contributed by atoms with Crippen molar-refractivity contribution in [2.45, 2.75) is 248 Å². The minimum atomic E-state index is -2.74. The lowest BCUT2D eigenvalue weighted by molar-refractivity contribution is 0.661. The normalized spacial score (nSPS) is 13.0. The highest BCUT2D eigenvalue weighted by Crippen LogP contribution is 2.31. The molecule has 0 saturated carbocycles. The second-order valence-electron chi connectivity index (χ2n) is 19.6. The molecule has 0 bridgehead atoms. The van der Waals surface area contributed by atoms with E-state index in [1.807, 2.05) is 0 Å². The summed E-state index contributed by atoms with van der Waals surface area (Å²) in [5.74, 6) is 0. The van der Waals surface area contributed by atoms with Gasteiger partial charge in [0.1, 0.15) is 0 Å². The number of hydrogen-bond donors (Lipinski definition) is 0. The largest absolute Gasteiger partial charge is 0.176 e. The van der Waals surface area contributed by atoms with Gasteiger partial charge < -0.3 is 0 Å². The number of aryl methyl sites for hydroxylation is 6. The smallest absolute Gasteiger partial charge is 0.0779 e. The van der Waals surface area contributed by atoms with Crippen LogP contribution >= 0.6 is 0 Å². The molecule has 0 fully saturated rings. The Morgan fingerprint density at radius 2 is 0.574 bits per heavy atom. The minimum absolute atomic E-state index is 1.09. The molecule has 0 nitrogen and oxygen atoms in total. The van der Waals surface area contributed by atoms with Crippen molar-refractivity contribution in [1.29, 1.82) is 0 Å². The summed E-state index contributed by atoms with van der Waals surface area (Å²) in [6.45, 7) is 16.5. The van der Waals surface area contributed by atoms with Crippen LogP contribution in [-0.4, -0.2) is 8.07 Å². The van der Waals surface area contributed by atoms with Crippen molar-refractivity contribution in [3.05, 3.63) is 111 Å². The lowest BCUT2D eigenvalue weighted by atomic mass is 10.00. The zero-order valence-corrected chi connectivity index (χ0v) is 42.3. The van der Waals surface area contributed by atoms with E-state index in [0.717, 1.165) is 6.42 Å². The average Bonchev–Trinajstić information content (AvgIpc) is 3.70. The number of unbranched alkanes of at least 4 members (excludes halogenated alkanes) is 18. The molecule has 1 aliphatic carbocycles. The Kier molecular flexibility index (Phi) is 24.8. The van der Waals surface area contributed by atoms with E-state index < -0.39 is 8.07 Å². The van der Waals surface area contributed by atoms with Crippen LogP contribution in [0, 0.1) is 0 Å². The van der Waals surface area contributed by atoms with E-state index in [0.29, 0.717) is 0 Å². The van der Waals surface area contributed by atoms with Crippen LogP contribution < -0.4 is 15.6 Å². The molecule has 0 aromatic heterocycles. The summed E-state index contributed by atoms with van der Waals surface area (Å²) in [6, 6.07) is 24.7. The van der Waals surface area contributed by atoms with Gasteiger partial charge in [0.05, 0.1) is 0 Å². The number of hydrogen-bond acceptors (Lipinski definition) is 0. The van der Waals surface area contributed by atoms with E-state index in [1.165, 1.54) is 198 Å². The lowest BCUT2D eigenvalue weighted by Gasteiger charge is -2.37. The van der Waals surface area contributed by atoms with Gasteiger partial charge in [-0.25, -0.2) is 0 Å². The maximum absolute atomic E-state index is 2.78. The summed E-state index contributed by atoms with van der Waals surface area (Å²) in [7, 11) is -2.74. The van der Waals surface area contributed by atoms with Gasteiger partial charge in [-0.2, -0.15) is 0 Å². The summed E-state index contributed by atoms with van der Waals surface area (Å²) in [5.41, 5.74) is 11.1. The van der Waals surface area contributed by atoms with E-state index in [1.54, 1.807) is 54.1 Å². The predicted molar refractivity (Wildman–Crippen MR) is 278 cm³/mol. The molecule has 0 aliphatic heterocycles. The highest BCUT2D eigenvalue weighted by molar-refractivity contribution is 7.16. The Morgan fingerprint density at radius 3 is 0.770 bits per heavy atom. The topological polar surface area (TPSA) is 0 Å². The van der Waals surface area contributed by atoms with Crippen molar-refractivity contribution in [3.8, 4) is 0 Å². The number of rotatable bonds is 34. The fraction of sp³-hybridized carbons (Fsp3) is 0.633. The van der Waals surface area contributed by atoms with Crippen molar-refractivity contribution < 1.29 is 0 Å². The molecule has 0 spiro atoms. The van der Waals surface area contributed by atoms with E-state index in [-0.39, 0.29) is 0 Å². The first-order chi connectivity index (χ1) is 29.9. The highest BCUT2D eigenvalue weighted by atomic mass is 28.3. The molecule has 3 aromatic rings. The molecule has 0 unspecified atom stereocenters. The van der Waals surface area contributed by atoms with E-state index in [2.05, 4.69) is 115 Å². The van der Waals surface area contributed by atoms with Crippen molar-refractivity contribution in [3.63, 3.8) is 0 Å². The van der Waals surface area contributed by atoms with Crippen LogP contribution in [0.15, 0.2) is 77.5 Å². The van der Waals surface area contributed by atoms with Gasteiger partial charge in [0.25, 0.3) is 0 Å². The SMILES string of the molecule is CCCCCCc1cc(CCCCCC)cc([Si](C2=CC(C)=CC2)(c2cc(CCCCCC)cc(CCCCCC)c2)c2cc(CCCCCC)cc(CCCCCC)c2)c1. The van der Waals surface area contributed by atoms with E-state index >= 15 is 0 Å². The third kappa shape index (κ3) is 16.8. The van der Waals surface area contributed by atoms with E-state index in [4.69, 9.17) is 0 Å². The zero-order valence-electron chi connectivity index (χ0n) is 41.3. The fourth-order valence-corrected chi connectivity index (χ4v) is 15.7. The van der Waals surface area contributed by atoms with Crippen LogP contribution in [0.2, 0.25) is 0 Å². The van der Waals surface area contributed by atoms with Crippen LogP contribution in [0.4, 0.5) is 0 Å². The second-order valence-corrected chi connectivity index (χ2v) is 23.4. The van der Waals surface area contributed by atoms with Gasteiger partial charge in [-0.05, 0) is 139 Å². The summed E-state index contributed by atoms with van der Waals surface area (Å²) in [4.78, 5) is 0. The summed E-state index contributed by atoms with van der Waals surface area (Å²) in [6.07, 6.45) is 45.3. The molecular weight excluding hydrogens is 749 g/mol. The monoisotopic (exact) mass is 843 g/mol. The van der Waals surface area contributed by atoms with Gasteiger partial charge in [0.2, 0.25) is 0 Å². The maximum Gasteiger partial charge on any atom is 0.176 e. The van der Waals surface area contributed by atoms with Crippen LogP contribution in [0.5, 0.6) is 0 Å². The standard InChI is InChI=1S/C60H94Si/c1-8-14-20-26-32-51-41-52(33-27-21-15-9-2)45-58(44-51)61(57-39-38-50(7)40-57,59-46-53(34-28-22-16-10-3)42-54(47-59)35-29-23-17-11-4)60-48-55(36-30-24-18-12-5)43-56(49-60)37-31-25-19-13-6/h38,40-49H,8-37,39H2,1-7H3. The molecule has 338 valence electrons. The Hall–Kier alpha value is -2.64. The molecule has 0 N–H and O–H groups in total. The summed E-state index contributed by atoms with van der Waals surface area (Å²) in [5, 5.41) is 6.77. The summed E-state index contributed by atoms with van der Waals surface area (Å²) < 4.78 is 0. The van der Waals surface area contributed by atoms with Crippen LogP contribution in [0.25, 0.3) is 0 Å². The third-order valence-corrected chi connectivity index (χ3v) is 18.7. The predicted octanol–water partition coefficient (Wildman–Crippen LogP) is 16.7. The van der Waals surface area contributed by atoms with E-state index in [9.17, 15) is 0 Å². The molecule has 4 rings (SSSR count). The Labute approximate surface area is 380 Å². The zero-order chi connectivity index (χ0) is 43.5. The molecule has 0 saturated heterocycles. The summed E-state index contributed by atoms with van der Waals surface area (Å²) >= 11 is 0. The van der Waals surface area contributed by atoms with Crippen LogP contribution in [0.1, 0.15) is 242 Å². The molecule has 61 heavy (non-hydrogen) atoms. The van der Waals surface area contributed by atoms with Crippen LogP contribution in [-0.2, 0) is 38.5 Å². The average molecular weight is 843 g/mol. The van der Waals surface area contributed by atoms with Crippen molar-refractivity contribution in [2.75, 3.05) is 0 Å². The molecular formula is C60H94Si. The molecule has 3 aromatic carbocycles. The van der Waals surface area contributed by atoms with Gasteiger partial charge in [-0.3, -0.25) is 0 Å². The Morgan fingerprint density at radius 1 is 0.328 bits per heavy atom. The van der Waals surface area contributed by atoms with Crippen molar-refractivity contribution in [2.24, 2.45) is 0 Å². The quantitative estimate of drug-likeness (QED) is 0.0319. The maximum atomic E-state index is 2.78. The van der Waals surface area contributed by atoms with Crippen molar-refractivity contribution in [1.82, 2.24) is 0 Å². The Balaban J connectivity index is 2.09. The van der Waals surface area contributed by atoms with Crippen molar-refractivity contribution >= 4 is 23.6 Å². The Bertz CT molecular complexity index is 1460. The van der Waals surface area contributed by atoms with Gasteiger partial charge >= 0.3 is 0 Å². The fourth-order valence-electron chi connectivity index (χ4n) is 10.3.